The number of carbonyl (C=O) groups excluding carboxylic acids is 1. The number of amides is 1. The second-order valence-electron chi connectivity index (χ2n) is 3.73. The van der Waals surface area contributed by atoms with Crippen LogP contribution in [0.4, 0.5) is 5.13 Å². The van der Waals surface area contributed by atoms with Gasteiger partial charge in [0.05, 0.1) is 5.69 Å². The Morgan fingerprint density at radius 1 is 1.33 bits per heavy atom. The maximum absolute atomic E-state index is 11.9. The van der Waals surface area contributed by atoms with Gasteiger partial charge in [0.1, 0.15) is 5.52 Å². The normalized spacial score (nSPS) is 10.7. The number of thiazole rings is 1. The summed E-state index contributed by atoms with van der Waals surface area (Å²) in [6.45, 7) is 1.87. The van der Waals surface area contributed by atoms with Gasteiger partial charge in [-0.25, -0.2) is 9.97 Å². The van der Waals surface area contributed by atoms with Crippen LogP contribution in [0.25, 0.3) is 11.1 Å². The zero-order chi connectivity index (χ0) is 12.5. The van der Waals surface area contributed by atoms with E-state index >= 15 is 0 Å². The smallest absolute Gasteiger partial charge is 0.313 e. The monoisotopic (exact) mass is 259 g/mol. The highest BCUT2D eigenvalue weighted by molar-refractivity contribution is 7.13. The second-order valence-corrected chi connectivity index (χ2v) is 4.59. The van der Waals surface area contributed by atoms with Crippen LogP contribution in [0.1, 0.15) is 16.4 Å². The molecule has 0 aliphatic rings. The van der Waals surface area contributed by atoms with Gasteiger partial charge in [-0.15, -0.1) is 11.3 Å². The minimum absolute atomic E-state index is 0.0454. The number of nitrogens with zero attached hydrogens (tertiary/aromatic N) is 2. The molecule has 0 fully saturated rings. The summed E-state index contributed by atoms with van der Waals surface area (Å²) < 4.78 is 5.36. The van der Waals surface area contributed by atoms with Gasteiger partial charge in [-0.1, -0.05) is 12.1 Å². The first-order chi connectivity index (χ1) is 8.72. The largest absolute Gasteiger partial charge is 0.432 e. The molecule has 0 radical (unpaired) electrons. The fraction of sp³-hybridized carbons (Fsp3) is 0.0833. The SMILES string of the molecule is Cc1csc(NC(=O)c2nc3ccccc3o2)n1. The Bertz CT molecular complexity index is 684. The van der Waals surface area contributed by atoms with Gasteiger partial charge in [0.15, 0.2) is 10.7 Å². The lowest BCUT2D eigenvalue weighted by Gasteiger charge is -1.95. The summed E-state index contributed by atoms with van der Waals surface area (Å²) in [4.78, 5) is 20.2. The van der Waals surface area contributed by atoms with E-state index in [0.29, 0.717) is 16.2 Å². The Hall–Kier alpha value is -2.21. The van der Waals surface area contributed by atoms with Gasteiger partial charge in [0, 0.05) is 5.38 Å². The number of carbonyl (C=O) groups is 1. The molecule has 90 valence electrons. The lowest BCUT2D eigenvalue weighted by Crippen LogP contribution is -2.11. The van der Waals surface area contributed by atoms with E-state index in [0.717, 1.165) is 5.69 Å². The summed E-state index contributed by atoms with van der Waals surface area (Å²) in [7, 11) is 0. The summed E-state index contributed by atoms with van der Waals surface area (Å²) in [6, 6.07) is 7.24. The van der Waals surface area contributed by atoms with E-state index < -0.39 is 0 Å². The molecule has 0 aliphatic heterocycles. The van der Waals surface area contributed by atoms with E-state index in [4.69, 9.17) is 4.42 Å². The van der Waals surface area contributed by atoms with Crippen LogP contribution in [-0.4, -0.2) is 15.9 Å². The highest BCUT2D eigenvalue weighted by Crippen LogP contribution is 2.18. The number of hydrogen-bond acceptors (Lipinski definition) is 5. The lowest BCUT2D eigenvalue weighted by atomic mass is 10.3. The van der Waals surface area contributed by atoms with Crippen LogP contribution in [0, 0.1) is 6.92 Å². The van der Waals surface area contributed by atoms with Crippen molar-refractivity contribution in [3.05, 3.63) is 41.2 Å². The van der Waals surface area contributed by atoms with Crippen LogP contribution in [0.5, 0.6) is 0 Å². The molecule has 18 heavy (non-hydrogen) atoms. The van der Waals surface area contributed by atoms with Crippen LogP contribution >= 0.6 is 11.3 Å². The predicted molar refractivity (Wildman–Crippen MR) is 68.8 cm³/mol. The molecule has 0 aliphatic carbocycles. The zero-order valence-corrected chi connectivity index (χ0v) is 10.3. The average Bonchev–Trinajstić information content (AvgIpc) is 2.95. The van der Waals surface area contributed by atoms with Crippen molar-refractivity contribution in [1.29, 1.82) is 0 Å². The van der Waals surface area contributed by atoms with Gasteiger partial charge in [0.2, 0.25) is 0 Å². The summed E-state index contributed by atoms with van der Waals surface area (Å²) in [5, 5.41) is 5.06. The third kappa shape index (κ3) is 1.98. The van der Waals surface area contributed by atoms with E-state index in [-0.39, 0.29) is 11.8 Å². The number of aromatic nitrogens is 2. The number of para-hydroxylation sites is 2. The van der Waals surface area contributed by atoms with E-state index in [1.807, 2.05) is 24.4 Å². The lowest BCUT2D eigenvalue weighted by molar-refractivity contribution is 0.0992. The molecule has 2 heterocycles. The maximum atomic E-state index is 11.9. The first kappa shape index (κ1) is 10.9. The van der Waals surface area contributed by atoms with Crippen molar-refractivity contribution in [2.24, 2.45) is 0 Å². The molecule has 0 saturated carbocycles. The first-order valence-corrected chi connectivity index (χ1v) is 6.19. The van der Waals surface area contributed by atoms with E-state index in [1.165, 1.54) is 11.3 Å². The van der Waals surface area contributed by atoms with Crippen molar-refractivity contribution in [1.82, 2.24) is 9.97 Å². The van der Waals surface area contributed by atoms with E-state index in [2.05, 4.69) is 15.3 Å². The number of oxazole rings is 1. The molecule has 3 aromatic rings. The highest BCUT2D eigenvalue weighted by Gasteiger charge is 2.15. The number of aryl methyl sites for hydroxylation is 1. The summed E-state index contributed by atoms with van der Waals surface area (Å²) in [5.74, 6) is -0.343. The molecule has 1 aromatic carbocycles. The number of nitrogens with one attached hydrogen (secondary N) is 1. The van der Waals surface area contributed by atoms with Crippen LogP contribution in [-0.2, 0) is 0 Å². The minimum atomic E-state index is -0.388. The number of benzene rings is 1. The third-order valence-electron chi connectivity index (χ3n) is 2.33. The van der Waals surface area contributed by atoms with Crippen LogP contribution in [0.15, 0.2) is 34.1 Å². The van der Waals surface area contributed by atoms with Gasteiger partial charge in [-0.05, 0) is 19.1 Å². The number of fused-ring (bicyclic) bond motifs is 1. The maximum Gasteiger partial charge on any atom is 0.313 e. The average molecular weight is 259 g/mol. The molecule has 1 amide bonds. The van der Waals surface area contributed by atoms with Crippen molar-refractivity contribution in [2.75, 3.05) is 5.32 Å². The molecule has 0 bridgehead atoms. The predicted octanol–water partition coefficient (Wildman–Crippen LogP) is 2.85. The van der Waals surface area contributed by atoms with E-state index in [1.54, 1.807) is 12.1 Å². The van der Waals surface area contributed by atoms with Crippen molar-refractivity contribution in [3.8, 4) is 0 Å². The molecule has 1 N–H and O–H groups in total. The van der Waals surface area contributed by atoms with Crippen LogP contribution < -0.4 is 5.32 Å². The fourth-order valence-corrected chi connectivity index (χ4v) is 2.21. The Morgan fingerprint density at radius 3 is 2.89 bits per heavy atom. The number of rotatable bonds is 2. The Morgan fingerprint density at radius 2 is 2.17 bits per heavy atom. The summed E-state index contributed by atoms with van der Waals surface area (Å²) >= 11 is 1.37. The topological polar surface area (TPSA) is 68.0 Å². The van der Waals surface area contributed by atoms with Gasteiger partial charge in [-0.3, -0.25) is 10.1 Å². The number of anilines is 1. The molecular formula is C12H9N3O2S. The second kappa shape index (κ2) is 4.23. The van der Waals surface area contributed by atoms with Crippen LogP contribution in [0.2, 0.25) is 0 Å². The highest BCUT2D eigenvalue weighted by atomic mass is 32.1. The molecule has 0 unspecified atom stereocenters. The molecule has 0 atom stereocenters. The number of hydrogen-bond donors (Lipinski definition) is 1. The Kier molecular flexibility index (Phi) is 2.56. The van der Waals surface area contributed by atoms with Crippen LogP contribution in [0.3, 0.4) is 0 Å². The molecule has 3 rings (SSSR count). The molecule has 5 nitrogen and oxygen atoms in total. The van der Waals surface area contributed by atoms with Gasteiger partial charge in [-0.2, -0.15) is 0 Å². The quantitative estimate of drug-likeness (QED) is 0.768. The van der Waals surface area contributed by atoms with E-state index in [9.17, 15) is 4.79 Å². The third-order valence-corrected chi connectivity index (χ3v) is 3.20. The molecule has 2 aromatic heterocycles. The van der Waals surface area contributed by atoms with Crippen molar-refractivity contribution < 1.29 is 9.21 Å². The first-order valence-electron chi connectivity index (χ1n) is 5.31. The Labute approximate surface area is 106 Å². The van der Waals surface area contributed by atoms with Crippen molar-refractivity contribution in [3.63, 3.8) is 0 Å². The standard InChI is InChI=1S/C12H9N3O2S/c1-7-6-18-12(13-7)15-10(16)11-14-8-4-2-3-5-9(8)17-11/h2-6H,1H3,(H,13,15,16). The minimum Gasteiger partial charge on any atom is -0.432 e. The van der Waals surface area contributed by atoms with Gasteiger partial charge < -0.3 is 4.42 Å². The van der Waals surface area contributed by atoms with Gasteiger partial charge >= 0.3 is 5.91 Å². The Balaban J connectivity index is 1.87. The summed E-state index contributed by atoms with van der Waals surface area (Å²) in [6.07, 6.45) is 0. The van der Waals surface area contributed by atoms with Gasteiger partial charge in [0.25, 0.3) is 5.89 Å². The summed E-state index contributed by atoms with van der Waals surface area (Å²) in [5.41, 5.74) is 2.13. The fourth-order valence-electron chi connectivity index (χ4n) is 1.53. The van der Waals surface area contributed by atoms with Crippen molar-refractivity contribution in [2.45, 2.75) is 6.92 Å². The van der Waals surface area contributed by atoms with Crippen molar-refractivity contribution >= 4 is 33.5 Å². The molecular weight excluding hydrogens is 250 g/mol. The molecule has 0 spiro atoms. The molecule has 6 heteroatoms. The zero-order valence-electron chi connectivity index (χ0n) is 9.51. The molecule has 0 saturated heterocycles.